The second-order valence-electron chi connectivity index (χ2n) is 5.93. The van der Waals surface area contributed by atoms with Gasteiger partial charge < -0.3 is 24.8 Å². The molecule has 2 rings (SSSR count). The number of hydrogen-bond acceptors (Lipinski definition) is 5. The predicted molar refractivity (Wildman–Crippen MR) is 109 cm³/mol. The summed E-state index contributed by atoms with van der Waals surface area (Å²) >= 11 is 0. The Balaban J connectivity index is 2.32. The molecule has 0 bridgehead atoms. The van der Waals surface area contributed by atoms with E-state index in [2.05, 4.69) is 10.6 Å². The van der Waals surface area contributed by atoms with Crippen molar-refractivity contribution in [2.45, 2.75) is 26.7 Å². The molecular weight excluding hydrogens is 360 g/mol. The number of hydrogen-bond donors (Lipinski definition) is 2. The normalized spacial score (nSPS) is 10.1. The molecule has 0 unspecified atom stereocenters. The van der Waals surface area contributed by atoms with Crippen LogP contribution in [0.2, 0.25) is 0 Å². The fourth-order valence-corrected chi connectivity index (χ4v) is 2.66. The smallest absolute Gasteiger partial charge is 0.259 e. The van der Waals surface area contributed by atoms with Gasteiger partial charge in [-0.2, -0.15) is 0 Å². The average molecular weight is 386 g/mol. The Hall–Kier alpha value is -3.22. The first-order valence-corrected chi connectivity index (χ1v) is 9.13. The summed E-state index contributed by atoms with van der Waals surface area (Å²) in [6, 6.07) is 10.2. The second-order valence-corrected chi connectivity index (χ2v) is 5.93. The topological polar surface area (TPSA) is 85.9 Å². The van der Waals surface area contributed by atoms with Gasteiger partial charge in [-0.05, 0) is 25.5 Å². The molecule has 0 fully saturated rings. The van der Waals surface area contributed by atoms with Crippen molar-refractivity contribution >= 4 is 23.2 Å². The average Bonchev–Trinajstić information content (AvgIpc) is 2.69. The largest absolute Gasteiger partial charge is 0.494 e. The molecule has 0 aliphatic heterocycles. The van der Waals surface area contributed by atoms with Crippen molar-refractivity contribution in [2.75, 3.05) is 31.5 Å². The molecule has 7 heteroatoms. The van der Waals surface area contributed by atoms with E-state index in [1.165, 1.54) is 14.2 Å². The molecule has 0 aliphatic carbocycles. The number of ether oxygens (including phenoxy) is 3. The van der Waals surface area contributed by atoms with Gasteiger partial charge in [0.25, 0.3) is 5.91 Å². The van der Waals surface area contributed by atoms with E-state index in [9.17, 15) is 9.59 Å². The molecule has 28 heavy (non-hydrogen) atoms. The number of methoxy groups -OCH3 is 2. The summed E-state index contributed by atoms with van der Waals surface area (Å²) < 4.78 is 16.3. The maximum absolute atomic E-state index is 12.8. The lowest BCUT2D eigenvalue weighted by Crippen LogP contribution is -2.15. The Morgan fingerprint density at radius 2 is 1.50 bits per heavy atom. The van der Waals surface area contributed by atoms with E-state index < -0.39 is 0 Å². The first-order valence-electron chi connectivity index (χ1n) is 9.13. The van der Waals surface area contributed by atoms with Crippen LogP contribution in [0.15, 0.2) is 36.4 Å². The lowest BCUT2D eigenvalue weighted by atomic mass is 10.1. The predicted octanol–water partition coefficient (Wildman–Crippen LogP) is 4.09. The number of para-hydroxylation sites is 1. The summed E-state index contributed by atoms with van der Waals surface area (Å²) in [5.41, 5.74) is 1.31. The highest BCUT2D eigenvalue weighted by Crippen LogP contribution is 2.37. The molecule has 0 radical (unpaired) electrons. The SMILES string of the molecule is CCCC(=O)Nc1cc(OC)c(NC(=O)c2ccccc2OCC)cc1OC. The summed E-state index contributed by atoms with van der Waals surface area (Å²) in [6.45, 7) is 4.23. The summed E-state index contributed by atoms with van der Waals surface area (Å²) in [7, 11) is 2.98. The molecule has 0 aliphatic rings. The highest BCUT2D eigenvalue weighted by atomic mass is 16.5. The second kappa shape index (κ2) is 10.2. The quantitative estimate of drug-likeness (QED) is 0.678. The van der Waals surface area contributed by atoms with Gasteiger partial charge in [-0.3, -0.25) is 9.59 Å². The van der Waals surface area contributed by atoms with Crippen molar-refractivity contribution in [1.82, 2.24) is 0 Å². The summed E-state index contributed by atoms with van der Waals surface area (Å²) in [5, 5.41) is 5.62. The lowest BCUT2D eigenvalue weighted by molar-refractivity contribution is -0.116. The van der Waals surface area contributed by atoms with Crippen LogP contribution in [-0.2, 0) is 4.79 Å². The summed E-state index contributed by atoms with van der Waals surface area (Å²) in [5.74, 6) is 0.850. The monoisotopic (exact) mass is 386 g/mol. The Bertz CT molecular complexity index is 836. The highest BCUT2D eigenvalue weighted by molar-refractivity contribution is 6.07. The van der Waals surface area contributed by atoms with Crippen LogP contribution in [0, 0.1) is 0 Å². The zero-order valence-corrected chi connectivity index (χ0v) is 16.6. The molecule has 0 aromatic heterocycles. The van der Waals surface area contributed by atoms with E-state index >= 15 is 0 Å². The van der Waals surface area contributed by atoms with Gasteiger partial charge in [0.1, 0.15) is 17.2 Å². The van der Waals surface area contributed by atoms with Crippen molar-refractivity contribution in [3.8, 4) is 17.2 Å². The van der Waals surface area contributed by atoms with E-state index in [1.807, 2.05) is 13.8 Å². The summed E-state index contributed by atoms with van der Waals surface area (Å²) in [4.78, 5) is 24.7. The molecule has 0 saturated heterocycles. The number of benzene rings is 2. The molecule has 0 spiro atoms. The molecule has 150 valence electrons. The van der Waals surface area contributed by atoms with Crippen molar-refractivity contribution in [2.24, 2.45) is 0 Å². The third-order valence-corrected chi connectivity index (χ3v) is 3.95. The first-order chi connectivity index (χ1) is 13.5. The van der Waals surface area contributed by atoms with Gasteiger partial charge in [0.15, 0.2) is 0 Å². The number of nitrogens with one attached hydrogen (secondary N) is 2. The Morgan fingerprint density at radius 3 is 2.07 bits per heavy atom. The lowest BCUT2D eigenvalue weighted by Gasteiger charge is -2.17. The van der Waals surface area contributed by atoms with Crippen molar-refractivity contribution in [3.63, 3.8) is 0 Å². The Kier molecular flexibility index (Phi) is 7.68. The van der Waals surface area contributed by atoms with Crippen LogP contribution < -0.4 is 24.8 Å². The van der Waals surface area contributed by atoms with Gasteiger partial charge in [0.2, 0.25) is 5.91 Å². The van der Waals surface area contributed by atoms with E-state index in [0.29, 0.717) is 47.2 Å². The van der Waals surface area contributed by atoms with Gasteiger partial charge in [0.05, 0.1) is 37.8 Å². The van der Waals surface area contributed by atoms with Gasteiger partial charge in [-0.25, -0.2) is 0 Å². The molecule has 2 amide bonds. The standard InChI is InChI=1S/C21H26N2O5/c1-5-9-20(24)22-15-12-19(27-4)16(13-18(15)26-3)23-21(25)14-10-7-8-11-17(14)28-6-2/h7-8,10-13H,5-6,9H2,1-4H3,(H,22,24)(H,23,25). The maximum atomic E-state index is 12.8. The molecule has 0 saturated carbocycles. The van der Waals surface area contributed by atoms with Crippen LogP contribution in [0.5, 0.6) is 17.2 Å². The van der Waals surface area contributed by atoms with Gasteiger partial charge in [0, 0.05) is 18.6 Å². The molecule has 2 N–H and O–H groups in total. The van der Waals surface area contributed by atoms with Crippen LogP contribution >= 0.6 is 0 Å². The van der Waals surface area contributed by atoms with Crippen LogP contribution in [0.3, 0.4) is 0 Å². The molecule has 0 heterocycles. The van der Waals surface area contributed by atoms with Crippen LogP contribution in [0.25, 0.3) is 0 Å². The zero-order chi connectivity index (χ0) is 20.5. The molecule has 2 aromatic carbocycles. The molecule has 2 aromatic rings. The van der Waals surface area contributed by atoms with Crippen molar-refractivity contribution in [3.05, 3.63) is 42.0 Å². The van der Waals surface area contributed by atoms with E-state index in [4.69, 9.17) is 14.2 Å². The number of anilines is 2. The van der Waals surface area contributed by atoms with Gasteiger partial charge in [-0.1, -0.05) is 19.1 Å². The van der Waals surface area contributed by atoms with Gasteiger partial charge in [-0.15, -0.1) is 0 Å². The van der Waals surface area contributed by atoms with Crippen LogP contribution in [0.1, 0.15) is 37.0 Å². The minimum atomic E-state index is -0.341. The number of amides is 2. The number of carbonyl (C=O) groups is 2. The fraction of sp³-hybridized carbons (Fsp3) is 0.333. The fourth-order valence-electron chi connectivity index (χ4n) is 2.66. The molecule has 7 nitrogen and oxygen atoms in total. The van der Waals surface area contributed by atoms with Crippen LogP contribution in [0.4, 0.5) is 11.4 Å². The third kappa shape index (κ3) is 5.16. The van der Waals surface area contributed by atoms with Crippen molar-refractivity contribution in [1.29, 1.82) is 0 Å². The molecule has 0 atom stereocenters. The number of rotatable bonds is 9. The minimum absolute atomic E-state index is 0.120. The van der Waals surface area contributed by atoms with E-state index in [1.54, 1.807) is 36.4 Å². The minimum Gasteiger partial charge on any atom is -0.494 e. The van der Waals surface area contributed by atoms with E-state index in [0.717, 1.165) is 6.42 Å². The first kappa shape index (κ1) is 21.1. The molecular formula is C21H26N2O5. The number of carbonyl (C=O) groups excluding carboxylic acids is 2. The Morgan fingerprint density at radius 1 is 0.893 bits per heavy atom. The van der Waals surface area contributed by atoms with Crippen molar-refractivity contribution < 1.29 is 23.8 Å². The van der Waals surface area contributed by atoms with Crippen LogP contribution in [-0.4, -0.2) is 32.6 Å². The maximum Gasteiger partial charge on any atom is 0.259 e. The Labute approximate surface area is 165 Å². The van der Waals surface area contributed by atoms with E-state index in [-0.39, 0.29) is 11.8 Å². The zero-order valence-electron chi connectivity index (χ0n) is 16.6. The highest BCUT2D eigenvalue weighted by Gasteiger charge is 2.18. The summed E-state index contributed by atoms with van der Waals surface area (Å²) in [6.07, 6.45) is 1.14. The third-order valence-electron chi connectivity index (χ3n) is 3.95. The van der Waals surface area contributed by atoms with Gasteiger partial charge >= 0.3 is 0 Å².